The molecule has 2 bridgehead atoms. The maximum absolute atomic E-state index is 12.0. The van der Waals surface area contributed by atoms with Gasteiger partial charge in [-0.1, -0.05) is 0 Å². The van der Waals surface area contributed by atoms with Crippen LogP contribution >= 0.6 is 0 Å². The van der Waals surface area contributed by atoms with Crippen molar-refractivity contribution in [2.75, 3.05) is 19.8 Å². The molecule has 19 heavy (non-hydrogen) atoms. The summed E-state index contributed by atoms with van der Waals surface area (Å²) in [6.07, 6.45) is 4.80. The zero-order valence-electron chi connectivity index (χ0n) is 11.1. The summed E-state index contributed by atoms with van der Waals surface area (Å²) in [6.45, 7) is -1.41. The second-order valence-corrected chi connectivity index (χ2v) is 5.98. The lowest BCUT2D eigenvalue weighted by Gasteiger charge is -2.32. The highest BCUT2D eigenvalue weighted by Gasteiger charge is 2.36. The maximum atomic E-state index is 12.0. The molecule has 0 saturated carbocycles. The SMILES string of the molecule is O=C(CC1CC2CCC(C1)N2)NC(CO)(CO)CO. The highest BCUT2D eigenvalue weighted by Crippen LogP contribution is 2.32. The first kappa shape index (κ1) is 14.7. The van der Waals surface area contributed by atoms with Crippen LogP contribution in [0.3, 0.4) is 0 Å². The van der Waals surface area contributed by atoms with Crippen LogP contribution in [0.1, 0.15) is 32.1 Å². The summed E-state index contributed by atoms with van der Waals surface area (Å²) >= 11 is 0. The molecule has 2 heterocycles. The van der Waals surface area contributed by atoms with Gasteiger partial charge in [0.05, 0.1) is 19.8 Å². The Bertz CT molecular complexity index is 300. The maximum Gasteiger partial charge on any atom is 0.220 e. The second-order valence-electron chi connectivity index (χ2n) is 5.98. The quantitative estimate of drug-likeness (QED) is 0.415. The summed E-state index contributed by atoms with van der Waals surface area (Å²) < 4.78 is 0. The van der Waals surface area contributed by atoms with Crippen LogP contribution in [0.5, 0.6) is 0 Å². The van der Waals surface area contributed by atoms with Gasteiger partial charge in [-0.15, -0.1) is 0 Å². The van der Waals surface area contributed by atoms with E-state index in [1.54, 1.807) is 0 Å². The number of carbonyl (C=O) groups is 1. The van der Waals surface area contributed by atoms with Gasteiger partial charge in [-0.2, -0.15) is 0 Å². The lowest BCUT2D eigenvalue weighted by atomic mass is 9.89. The van der Waals surface area contributed by atoms with Crippen molar-refractivity contribution >= 4 is 5.91 Å². The van der Waals surface area contributed by atoms with Gasteiger partial charge in [0.25, 0.3) is 0 Å². The fourth-order valence-corrected chi connectivity index (χ4v) is 3.22. The van der Waals surface area contributed by atoms with Crippen LogP contribution in [-0.4, -0.2) is 58.7 Å². The molecule has 2 rings (SSSR count). The van der Waals surface area contributed by atoms with Gasteiger partial charge in [-0.05, 0) is 31.6 Å². The van der Waals surface area contributed by atoms with Gasteiger partial charge in [0.1, 0.15) is 5.54 Å². The first-order valence-corrected chi connectivity index (χ1v) is 7.00. The van der Waals surface area contributed by atoms with Crippen LogP contribution in [0.2, 0.25) is 0 Å². The molecule has 2 unspecified atom stereocenters. The van der Waals surface area contributed by atoms with Crippen molar-refractivity contribution in [3.8, 4) is 0 Å². The third kappa shape index (κ3) is 3.45. The summed E-state index contributed by atoms with van der Waals surface area (Å²) in [7, 11) is 0. The monoisotopic (exact) mass is 272 g/mol. The Morgan fingerprint density at radius 1 is 1.11 bits per heavy atom. The van der Waals surface area contributed by atoms with Gasteiger partial charge in [0.2, 0.25) is 5.91 Å². The van der Waals surface area contributed by atoms with Crippen LogP contribution in [0, 0.1) is 5.92 Å². The smallest absolute Gasteiger partial charge is 0.220 e. The number of fused-ring (bicyclic) bond motifs is 2. The fourth-order valence-electron chi connectivity index (χ4n) is 3.22. The molecular weight excluding hydrogens is 248 g/mol. The number of aliphatic hydroxyl groups is 3. The minimum atomic E-state index is -1.30. The fraction of sp³-hybridized carbons (Fsp3) is 0.923. The van der Waals surface area contributed by atoms with Crippen LogP contribution in [0.4, 0.5) is 0 Å². The molecule has 2 aliphatic heterocycles. The average molecular weight is 272 g/mol. The summed E-state index contributed by atoms with van der Waals surface area (Å²) in [5, 5.41) is 33.6. The van der Waals surface area contributed by atoms with Crippen molar-refractivity contribution in [3.05, 3.63) is 0 Å². The van der Waals surface area contributed by atoms with Crippen LogP contribution in [0.15, 0.2) is 0 Å². The molecule has 2 saturated heterocycles. The van der Waals surface area contributed by atoms with E-state index in [4.69, 9.17) is 0 Å². The Morgan fingerprint density at radius 3 is 2.11 bits per heavy atom. The number of amides is 1. The third-order valence-corrected chi connectivity index (χ3v) is 4.36. The van der Waals surface area contributed by atoms with Crippen LogP contribution in [-0.2, 0) is 4.79 Å². The molecule has 6 heteroatoms. The van der Waals surface area contributed by atoms with Crippen molar-refractivity contribution < 1.29 is 20.1 Å². The highest BCUT2D eigenvalue weighted by molar-refractivity contribution is 5.77. The minimum absolute atomic E-state index is 0.205. The molecule has 2 atom stereocenters. The average Bonchev–Trinajstić information content (AvgIpc) is 2.75. The topological polar surface area (TPSA) is 102 Å². The van der Waals surface area contributed by atoms with Crippen molar-refractivity contribution in [3.63, 3.8) is 0 Å². The van der Waals surface area contributed by atoms with E-state index < -0.39 is 25.4 Å². The van der Waals surface area contributed by atoms with Gasteiger partial charge in [-0.3, -0.25) is 4.79 Å². The molecule has 6 nitrogen and oxygen atoms in total. The Morgan fingerprint density at radius 2 is 1.63 bits per heavy atom. The van der Waals surface area contributed by atoms with Gasteiger partial charge < -0.3 is 26.0 Å². The Kier molecular flexibility index (Phi) is 4.78. The summed E-state index contributed by atoms with van der Waals surface area (Å²) in [6, 6.07) is 1.07. The largest absolute Gasteiger partial charge is 0.394 e. The van der Waals surface area contributed by atoms with Gasteiger partial charge in [0, 0.05) is 18.5 Å². The van der Waals surface area contributed by atoms with Crippen molar-refractivity contribution in [1.82, 2.24) is 10.6 Å². The minimum Gasteiger partial charge on any atom is -0.394 e. The van der Waals surface area contributed by atoms with E-state index in [2.05, 4.69) is 10.6 Å². The number of nitrogens with one attached hydrogen (secondary N) is 2. The van der Waals surface area contributed by atoms with E-state index in [-0.39, 0.29) is 5.91 Å². The Balaban J connectivity index is 1.84. The molecule has 0 radical (unpaired) electrons. The van der Waals surface area contributed by atoms with Crippen molar-refractivity contribution in [2.45, 2.75) is 49.7 Å². The molecule has 0 aromatic heterocycles. The standard InChI is InChI=1S/C13H24N2O4/c16-6-13(7-17,8-18)15-12(19)5-9-3-10-1-2-11(4-9)14-10/h9-11,14,16-18H,1-8H2,(H,15,19). The number of piperidine rings is 1. The van der Waals surface area contributed by atoms with Crippen LogP contribution in [0.25, 0.3) is 0 Å². The molecule has 110 valence electrons. The van der Waals surface area contributed by atoms with E-state index >= 15 is 0 Å². The predicted molar refractivity (Wildman–Crippen MR) is 69.4 cm³/mol. The van der Waals surface area contributed by atoms with Gasteiger partial charge in [0.15, 0.2) is 0 Å². The van der Waals surface area contributed by atoms with Crippen molar-refractivity contribution in [2.24, 2.45) is 5.92 Å². The van der Waals surface area contributed by atoms with Gasteiger partial charge in [-0.25, -0.2) is 0 Å². The van der Waals surface area contributed by atoms with Gasteiger partial charge >= 0.3 is 0 Å². The van der Waals surface area contributed by atoms with E-state index in [0.29, 0.717) is 24.4 Å². The van der Waals surface area contributed by atoms with E-state index in [1.165, 1.54) is 12.8 Å². The Labute approximate surface area is 113 Å². The first-order valence-electron chi connectivity index (χ1n) is 7.00. The molecule has 0 spiro atoms. The molecule has 5 N–H and O–H groups in total. The summed E-state index contributed by atoms with van der Waals surface area (Å²) in [5.41, 5.74) is -1.30. The van der Waals surface area contributed by atoms with E-state index in [9.17, 15) is 20.1 Å². The molecule has 2 aliphatic rings. The predicted octanol–water partition coefficient (Wildman–Crippen LogP) is -1.26. The number of carbonyl (C=O) groups excluding carboxylic acids is 1. The lowest BCUT2D eigenvalue weighted by Crippen LogP contribution is -2.57. The zero-order chi connectivity index (χ0) is 13.9. The van der Waals surface area contributed by atoms with E-state index in [0.717, 1.165) is 12.8 Å². The molecule has 2 fully saturated rings. The molecule has 1 amide bonds. The first-order chi connectivity index (χ1) is 9.10. The molecule has 0 aliphatic carbocycles. The zero-order valence-corrected chi connectivity index (χ0v) is 11.1. The second kappa shape index (κ2) is 6.17. The van der Waals surface area contributed by atoms with Crippen LogP contribution < -0.4 is 10.6 Å². The summed E-state index contributed by atoms with van der Waals surface area (Å²) in [5.74, 6) is 0.149. The summed E-state index contributed by atoms with van der Waals surface area (Å²) in [4.78, 5) is 12.0. The number of hydrogen-bond acceptors (Lipinski definition) is 5. The molecule has 0 aromatic carbocycles. The normalized spacial score (nSPS) is 30.4. The number of rotatable bonds is 6. The lowest BCUT2D eigenvalue weighted by molar-refractivity contribution is -0.126. The molecular formula is C13H24N2O4. The van der Waals surface area contributed by atoms with Crippen molar-refractivity contribution in [1.29, 1.82) is 0 Å². The molecule has 0 aromatic rings. The highest BCUT2D eigenvalue weighted by atomic mass is 16.3. The number of hydrogen-bond donors (Lipinski definition) is 5. The Hall–Kier alpha value is -0.690. The third-order valence-electron chi connectivity index (χ3n) is 4.36. The van der Waals surface area contributed by atoms with E-state index in [1.807, 2.05) is 0 Å². The number of aliphatic hydroxyl groups excluding tert-OH is 3.